The van der Waals surface area contributed by atoms with Crippen LogP contribution in [-0.4, -0.2) is 63.9 Å². The topological polar surface area (TPSA) is 162 Å². The van der Waals surface area contributed by atoms with Crippen LogP contribution >= 0.6 is 0 Å². The second-order valence-electron chi connectivity index (χ2n) is 5.08. The molecule has 9 nitrogen and oxygen atoms in total. The van der Waals surface area contributed by atoms with E-state index < -0.39 is 48.6 Å². The van der Waals surface area contributed by atoms with Gasteiger partial charge >= 0.3 is 5.97 Å². The van der Waals surface area contributed by atoms with Crippen molar-refractivity contribution in [1.82, 2.24) is 10.6 Å². The van der Waals surface area contributed by atoms with Crippen LogP contribution in [0, 0.1) is 5.92 Å². The SMILES string of the molecule is CC(C)[C@H](N)C(=O)N[C@@H](CO)C(=O)N[C@H](C(=O)O)[C@@H](C)O. The molecule has 0 aliphatic carbocycles. The molecular weight excluding hydrogens is 282 g/mol. The molecule has 0 fully saturated rings. The van der Waals surface area contributed by atoms with Gasteiger partial charge in [-0.05, 0) is 12.8 Å². The number of carboxylic acids is 1. The molecule has 9 heteroatoms. The quantitative estimate of drug-likeness (QED) is 0.286. The van der Waals surface area contributed by atoms with Gasteiger partial charge in [0, 0.05) is 0 Å². The van der Waals surface area contributed by atoms with Gasteiger partial charge in [0.2, 0.25) is 11.8 Å². The van der Waals surface area contributed by atoms with E-state index in [0.717, 1.165) is 0 Å². The van der Waals surface area contributed by atoms with E-state index in [0.29, 0.717) is 0 Å². The largest absolute Gasteiger partial charge is 0.480 e. The summed E-state index contributed by atoms with van der Waals surface area (Å²) in [5.74, 6) is -3.16. The molecule has 0 unspecified atom stereocenters. The van der Waals surface area contributed by atoms with Crippen LogP contribution in [0.15, 0.2) is 0 Å². The summed E-state index contributed by atoms with van der Waals surface area (Å²) in [6.45, 7) is 3.90. The maximum atomic E-state index is 11.8. The highest BCUT2D eigenvalue weighted by atomic mass is 16.4. The van der Waals surface area contributed by atoms with Gasteiger partial charge in [0.15, 0.2) is 6.04 Å². The van der Waals surface area contributed by atoms with Gasteiger partial charge < -0.3 is 31.7 Å². The van der Waals surface area contributed by atoms with Crippen molar-refractivity contribution in [3.63, 3.8) is 0 Å². The summed E-state index contributed by atoms with van der Waals surface area (Å²) in [6, 6.07) is -3.75. The fourth-order valence-corrected chi connectivity index (χ4v) is 1.41. The fourth-order valence-electron chi connectivity index (χ4n) is 1.41. The highest BCUT2D eigenvalue weighted by molar-refractivity contribution is 5.92. The van der Waals surface area contributed by atoms with Gasteiger partial charge in [-0.3, -0.25) is 9.59 Å². The van der Waals surface area contributed by atoms with Crippen molar-refractivity contribution in [1.29, 1.82) is 0 Å². The molecule has 0 aromatic rings. The molecule has 7 N–H and O–H groups in total. The van der Waals surface area contributed by atoms with Gasteiger partial charge in [-0.25, -0.2) is 4.79 Å². The zero-order chi connectivity index (χ0) is 16.7. The number of carbonyl (C=O) groups is 3. The normalized spacial score (nSPS) is 16.7. The number of hydrogen-bond acceptors (Lipinski definition) is 6. The lowest BCUT2D eigenvalue weighted by Gasteiger charge is -2.23. The Kier molecular flexibility index (Phi) is 7.85. The molecule has 0 aromatic carbocycles. The first-order valence-corrected chi connectivity index (χ1v) is 6.49. The zero-order valence-corrected chi connectivity index (χ0v) is 12.2. The number of nitrogens with one attached hydrogen (secondary N) is 2. The van der Waals surface area contributed by atoms with E-state index in [9.17, 15) is 19.5 Å². The average Bonchev–Trinajstić information content (AvgIpc) is 2.39. The van der Waals surface area contributed by atoms with E-state index in [-0.39, 0.29) is 5.92 Å². The summed E-state index contributed by atoms with van der Waals surface area (Å²) in [5, 5.41) is 31.5. The highest BCUT2D eigenvalue weighted by Crippen LogP contribution is 2.00. The second-order valence-corrected chi connectivity index (χ2v) is 5.08. The molecule has 0 radical (unpaired) electrons. The minimum atomic E-state index is -1.54. The lowest BCUT2D eigenvalue weighted by atomic mass is 10.0. The molecule has 21 heavy (non-hydrogen) atoms. The number of hydrogen-bond donors (Lipinski definition) is 6. The number of rotatable bonds is 8. The summed E-state index contributed by atoms with van der Waals surface area (Å²) in [5.41, 5.74) is 5.60. The zero-order valence-electron chi connectivity index (χ0n) is 12.2. The molecule has 0 aromatic heterocycles. The van der Waals surface area contributed by atoms with Gasteiger partial charge in [-0.1, -0.05) is 13.8 Å². The van der Waals surface area contributed by atoms with E-state index >= 15 is 0 Å². The Labute approximate surface area is 122 Å². The number of aliphatic hydroxyl groups is 2. The van der Waals surface area contributed by atoms with E-state index in [1.54, 1.807) is 13.8 Å². The maximum Gasteiger partial charge on any atom is 0.328 e. The molecule has 122 valence electrons. The van der Waals surface area contributed by atoms with E-state index in [1.807, 2.05) is 5.32 Å². The van der Waals surface area contributed by atoms with Crippen LogP contribution < -0.4 is 16.4 Å². The lowest BCUT2D eigenvalue weighted by molar-refractivity contribution is -0.145. The monoisotopic (exact) mass is 305 g/mol. The third kappa shape index (κ3) is 6.06. The van der Waals surface area contributed by atoms with E-state index in [1.165, 1.54) is 6.92 Å². The molecule has 0 aliphatic rings. The predicted molar refractivity (Wildman–Crippen MR) is 73.1 cm³/mol. The summed E-state index contributed by atoms with van der Waals surface area (Å²) in [4.78, 5) is 34.4. The second kappa shape index (κ2) is 8.55. The predicted octanol–water partition coefficient (Wildman–Crippen LogP) is -2.60. The first kappa shape index (κ1) is 19.3. The van der Waals surface area contributed by atoms with Crippen LogP contribution in [-0.2, 0) is 14.4 Å². The number of carboxylic acid groups (broad SMARTS) is 1. The van der Waals surface area contributed by atoms with Crippen molar-refractivity contribution < 1.29 is 29.7 Å². The Balaban J connectivity index is 4.76. The Morgan fingerprint density at radius 1 is 1.10 bits per heavy atom. The van der Waals surface area contributed by atoms with Crippen molar-refractivity contribution in [3.05, 3.63) is 0 Å². The van der Waals surface area contributed by atoms with Crippen molar-refractivity contribution >= 4 is 17.8 Å². The number of nitrogens with two attached hydrogens (primary N) is 1. The molecule has 0 heterocycles. The van der Waals surface area contributed by atoms with Crippen LogP contribution in [0.25, 0.3) is 0 Å². The molecular formula is C12H23N3O6. The number of aliphatic carboxylic acids is 1. The molecule has 0 rings (SSSR count). The minimum Gasteiger partial charge on any atom is -0.480 e. The molecule has 0 aliphatic heterocycles. The molecule has 4 atom stereocenters. The van der Waals surface area contributed by atoms with E-state index in [2.05, 4.69) is 5.32 Å². The summed E-state index contributed by atoms with van der Waals surface area (Å²) >= 11 is 0. The third-order valence-corrected chi connectivity index (χ3v) is 2.88. The van der Waals surface area contributed by atoms with Crippen LogP contribution in [0.4, 0.5) is 0 Å². The molecule has 0 saturated carbocycles. The third-order valence-electron chi connectivity index (χ3n) is 2.88. The standard InChI is InChI=1S/C12H23N3O6/c1-5(2)8(13)11(19)14-7(4-16)10(18)15-9(6(3)17)12(20)21/h5-9,16-17H,4,13H2,1-3H3,(H,14,19)(H,15,18)(H,20,21)/t6-,7+,8+,9+/m1/s1. The number of carbonyl (C=O) groups excluding carboxylic acids is 2. The fraction of sp³-hybridized carbons (Fsp3) is 0.750. The maximum absolute atomic E-state index is 11.8. The molecule has 0 bridgehead atoms. The van der Waals surface area contributed by atoms with Crippen molar-refractivity contribution in [2.24, 2.45) is 11.7 Å². The van der Waals surface area contributed by atoms with Crippen LogP contribution in [0.2, 0.25) is 0 Å². The van der Waals surface area contributed by atoms with Gasteiger partial charge in [0.1, 0.15) is 6.04 Å². The number of amides is 2. The highest BCUT2D eigenvalue weighted by Gasteiger charge is 2.30. The van der Waals surface area contributed by atoms with Crippen LogP contribution in [0.3, 0.4) is 0 Å². The van der Waals surface area contributed by atoms with Gasteiger partial charge in [-0.2, -0.15) is 0 Å². The van der Waals surface area contributed by atoms with Crippen molar-refractivity contribution in [2.75, 3.05) is 6.61 Å². The Morgan fingerprint density at radius 2 is 1.62 bits per heavy atom. The Bertz CT molecular complexity index is 385. The number of aliphatic hydroxyl groups excluding tert-OH is 2. The van der Waals surface area contributed by atoms with Crippen LogP contribution in [0.5, 0.6) is 0 Å². The average molecular weight is 305 g/mol. The summed E-state index contributed by atoms with van der Waals surface area (Å²) in [6.07, 6.45) is -1.33. The molecule has 2 amide bonds. The smallest absolute Gasteiger partial charge is 0.328 e. The van der Waals surface area contributed by atoms with Gasteiger partial charge in [-0.15, -0.1) is 0 Å². The van der Waals surface area contributed by atoms with E-state index in [4.69, 9.17) is 15.9 Å². The first-order chi connectivity index (χ1) is 9.61. The van der Waals surface area contributed by atoms with Crippen LogP contribution in [0.1, 0.15) is 20.8 Å². The van der Waals surface area contributed by atoms with Gasteiger partial charge in [0.05, 0.1) is 18.8 Å². The first-order valence-electron chi connectivity index (χ1n) is 6.49. The molecule has 0 spiro atoms. The van der Waals surface area contributed by atoms with Gasteiger partial charge in [0.25, 0.3) is 0 Å². The summed E-state index contributed by atoms with van der Waals surface area (Å²) in [7, 11) is 0. The Hall–Kier alpha value is -1.71. The van der Waals surface area contributed by atoms with Crippen molar-refractivity contribution in [3.8, 4) is 0 Å². The summed E-state index contributed by atoms with van der Waals surface area (Å²) < 4.78 is 0. The minimum absolute atomic E-state index is 0.170. The molecule has 0 saturated heterocycles. The van der Waals surface area contributed by atoms with Crippen molar-refractivity contribution in [2.45, 2.75) is 45.0 Å². The Morgan fingerprint density at radius 3 is 1.95 bits per heavy atom. The lowest BCUT2D eigenvalue weighted by Crippen LogP contribution is -2.58.